The van der Waals surface area contributed by atoms with Gasteiger partial charge in [0, 0.05) is 26.3 Å². The monoisotopic (exact) mass is 187 g/mol. The summed E-state index contributed by atoms with van der Waals surface area (Å²) in [7, 11) is 1.66. The number of carboxylic acids is 1. The van der Waals surface area contributed by atoms with E-state index in [0.29, 0.717) is 6.54 Å². The molecule has 0 aliphatic carbocycles. The van der Waals surface area contributed by atoms with Gasteiger partial charge in [-0.2, -0.15) is 0 Å². The normalized spacial score (nSPS) is 11.7. The molecule has 0 atom stereocenters. The number of carbonyl (C=O) groups is 1. The molecule has 0 heterocycles. The zero-order valence-electron chi connectivity index (χ0n) is 8.17. The maximum Gasteiger partial charge on any atom is 0.328 e. The van der Waals surface area contributed by atoms with Crippen LogP contribution in [0, 0.1) is 0 Å². The minimum atomic E-state index is -0.892. The summed E-state index contributed by atoms with van der Waals surface area (Å²) in [5.41, 5.74) is 0.824. The molecule has 0 spiro atoms. The molecule has 0 unspecified atom stereocenters. The van der Waals surface area contributed by atoms with Gasteiger partial charge in [0.25, 0.3) is 0 Å². The van der Waals surface area contributed by atoms with Crippen LogP contribution in [0.2, 0.25) is 0 Å². The van der Waals surface area contributed by atoms with Gasteiger partial charge in [0.2, 0.25) is 0 Å². The highest BCUT2D eigenvalue weighted by atomic mass is 16.5. The van der Waals surface area contributed by atoms with E-state index in [2.05, 4.69) is 5.32 Å². The number of hydrogen-bond donors (Lipinski definition) is 2. The van der Waals surface area contributed by atoms with Gasteiger partial charge in [0.05, 0.1) is 0 Å². The van der Waals surface area contributed by atoms with Crippen molar-refractivity contribution in [2.45, 2.75) is 13.3 Å². The number of methoxy groups -OCH3 is 1. The topological polar surface area (TPSA) is 58.6 Å². The highest BCUT2D eigenvalue weighted by Gasteiger charge is 1.93. The second kappa shape index (κ2) is 7.76. The van der Waals surface area contributed by atoms with Crippen LogP contribution in [0.25, 0.3) is 0 Å². The van der Waals surface area contributed by atoms with Crippen molar-refractivity contribution in [3.05, 3.63) is 11.6 Å². The molecule has 0 aliphatic heterocycles. The van der Waals surface area contributed by atoms with Gasteiger partial charge in [-0.1, -0.05) is 5.57 Å². The SMILES string of the molecule is COCCCNCC(C)=CC(=O)O. The van der Waals surface area contributed by atoms with Crippen LogP contribution in [0.1, 0.15) is 13.3 Å². The molecule has 0 saturated carbocycles. The molecule has 0 aromatic heterocycles. The van der Waals surface area contributed by atoms with E-state index in [-0.39, 0.29) is 0 Å². The van der Waals surface area contributed by atoms with Crippen LogP contribution >= 0.6 is 0 Å². The minimum Gasteiger partial charge on any atom is -0.478 e. The number of aliphatic carboxylic acids is 1. The van der Waals surface area contributed by atoms with Crippen molar-refractivity contribution in [3.8, 4) is 0 Å². The van der Waals surface area contributed by atoms with Gasteiger partial charge in [0.1, 0.15) is 0 Å². The highest BCUT2D eigenvalue weighted by Crippen LogP contribution is 1.89. The molecule has 0 rings (SSSR count). The van der Waals surface area contributed by atoms with Crippen molar-refractivity contribution >= 4 is 5.97 Å². The average Bonchev–Trinajstić information content (AvgIpc) is 2.02. The lowest BCUT2D eigenvalue weighted by molar-refractivity contribution is -0.131. The van der Waals surface area contributed by atoms with E-state index in [1.54, 1.807) is 14.0 Å². The molecule has 4 nitrogen and oxygen atoms in total. The summed E-state index contributed by atoms with van der Waals surface area (Å²) >= 11 is 0. The molecule has 76 valence electrons. The van der Waals surface area contributed by atoms with Gasteiger partial charge in [-0.3, -0.25) is 0 Å². The zero-order chi connectivity index (χ0) is 10.1. The highest BCUT2D eigenvalue weighted by molar-refractivity contribution is 5.80. The van der Waals surface area contributed by atoms with Crippen molar-refractivity contribution < 1.29 is 14.6 Å². The molecule has 13 heavy (non-hydrogen) atoms. The molecule has 0 fully saturated rings. The molecule has 0 saturated heterocycles. The lowest BCUT2D eigenvalue weighted by Gasteiger charge is -2.03. The van der Waals surface area contributed by atoms with E-state index in [1.165, 1.54) is 6.08 Å². The first-order valence-electron chi connectivity index (χ1n) is 4.26. The van der Waals surface area contributed by atoms with Gasteiger partial charge >= 0.3 is 5.97 Å². The van der Waals surface area contributed by atoms with Crippen LogP contribution in [-0.4, -0.2) is 37.9 Å². The van der Waals surface area contributed by atoms with Gasteiger partial charge in [0.15, 0.2) is 0 Å². The molecule has 0 aliphatic rings. The van der Waals surface area contributed by atoms with Crippen molar-refractivity contribution in [2.75, 3.05) is 26.8 Å². The van der Waals surface area contributed by atoms with Crippen LogP contribution in [0.5, 0.6) is 0 Å². The molecule has 0 aromatic rings. The summed E-state index contributed by atoms with van der Waals surface area (Å²) in [5, 5.41) is 11.5. The Labute approximate surface area is 78.6 Å². The second-order valence-electron chi connectivity index (χ2n) is 2.85. The number of rotatable bonds is 7. The third-order valence-corrected chi connectivity index (χ3v) is 1.48. The summed E-state index contributed by atoms with van der Waals surface area (Å²) in [6.45, 7) is 3.99. The smallest absolute Gasteiger partial charge is 0.328 e. The third kappa shape index (κ3) is 9.04. The van der Waals surface area contributed by atoms with Gasteiger partial charge in [-0.15, -0.1) is 0 Å². The molecule has 0 radical (unpaired) electrons. The molecular weight excluding hydrogens is 170 g/mol. The van der Waals surface area contributed by atoms with Crippen molar-refractivity contribution in [2.24, 2.45) is 0 Å². The Morgan fingerprint density at radius 3 is 2.85 bits per heavy atom. The number of ether oxygens (including phenoxy) is 1. The summed E-state index contributed by atoms with van der Waals surface area (Å²) in [6, 6.07) is 0. The van der Waals surface area contributed by atoms with Crippen molar-refractivity contribution in [3.63, 3.8) is 0 Å². The Balaban J connectivity index is 3.37. The van der Waals surface area contributed by atoms with Crippen molar-refractivity contribution in [1.29, 1.82) is 0 Å². The van der Waals surface area contributed by atoms with Crippen molar-refractivity contribution in [1.82, 2.24) is 5.32 Å². The second-order valence-corrected chi connectivity index (χ2v) is 2.85. The average molecular weight is 187 g/mol. The molecule has 4 heteroatoms. The van der Waals surface area contributed by atoms with E-state index < -0.39 is 5.97 Å². The predicted molar refractivity (Wildman–Crippen MR) is 50.8 cm³/mol. The fraction of sp³-hybridized carbons (Fsp3) is 0.667. The lowest BCUT2D eigenvalue weighted by atomic mass is 10.3. The molecule has 2 N–H and O–H groups in total. The summed E-state index contributed by atoms with van der Waals surface area (Å²) < 4.78 is 4.86. The fourth-order valence-corrected chi connectivity index (χ4v) is 0.889. The largest absolute Gasteiger partial charge is 0.478 e. The maximum absolute atomic E-state index is 10.2. The first kappa shape index (κ1) is 12.1. The standard InChI is InChI=1S/C9H17NO3/c1-8(6-9(11)12)7-10-4-3-5-13-2/h6,10H,3-5,7H2,1-2H3,(H,11,12). The van der Waals surface area contributed by atoms with Crippen LogP contribution in [0.4, 0.5) is 0 Å². The Morgan fingerprint density at radius 1 is 1.62 bits per heavy atom. The minimum absolute atomic E-state index is 0.621. The zero-order valence-corrected chi connectivity index (χ0v) is 8.17. The number of nitrogens with one attached hydrogen (secondary N) is 1. The lowest BCUT2D eigenvalue weighted by Crippen LogP contribution is -2.19. The molecule has 0 bridgehead atoms. The third-order valence-electron chi connectivity index (χ3n) is 1.48. The van der Waals surface area contributed by atoms with Gasteiger partial charge < -0.3 is 15.2 Å². The van der Waals surface area contributed by atoms with Crippen LogP contribution in [-0.2, 0) is 9.53 Å². The van der Waals surface area contributed by atoms with E-state index >= 15 is 0 Å². The van der Waals surface area contributed by atoms with E-state index in [0.717, 1.165) is 25.1 Å². The summed E-state index contributed by atoms with van der Waals surface area (Å²) in [4.78, 5) is 10.2. The Kier molecular flexibility index (Phi) is 7.24. The van der Waals surface area contributed by atoms with E-state index in [4.69, 9.17) is 9.84 Å². The Bertz CT molecular complexity index is 178. The first-order chi connectivity index (χ1) is 6.16. The van der Waals surface area contributed by atoms with Gasteiger partial charge in [-0.05, 0) is 19.9 Å². The number of carboxylic acid groups (broad SMARTS) is 1. The maximum atomic E-state index is 10.2. The van der Waals surface area contributed by atoms with E-state index in [9.17, 15) is 4.79 Å². The Morgan fingerprint density at radius 2 is 2.31 bits per heavy atom. The van der Waals surface area contributed by atoms with Crippen LogP contribution in [0.3, 0.4) is 0 Å². The Hall–Kier alpha value is -0.870. The summed E-state index contributed by atoms with van der Waals surface area (Å²) in [5.74, 6) is -0.892. The van der Waals surface area contributed by atoms with Gasteiger partial charge in [-0.25, -0.2) is 4.79 Å². The van der Waals surface area contributed by atoms with E-state index in [1.807, 2.05) is 0 Å². The summed E-state index contributed by atoms with van der Waals surface area (Å²) in [6.07, 6.45) is 2.15. The van der Waals surface area contributed by atoms with Crippen LogP contribution in [0.15, 0.2) is 11.6 Å². The quantitative estimate of drug-likeness (QED) is 0.453. The number of hydrogen-bond acceptors (Lipinski definition) is 3. The molecule has 0 aromatic carbocycles. The molecule has 0 amide bonds. The molecular formula is C9H17NO3. The first-order valence-corrected chi connectivity index (χ1v) is 4.26. The fourth-order valence-electron chi connectivity index (χ4n) is 0.889. The van der Waals surface area contributed by atoms with Crippen LogP contribution < -0.4 is 5.32 Å². The predicted octanol–water partition coefficient (Wildman–Crippen LogP) is 0.643.